The summed E-state index contributed by atoms with van der Waals surface area (Å²) in [5.41, 5.74) is 1.00. The maximum Gasteiger partial charge on any atom is 0.321 e. The molecule has 0 saturated carbocycles. The van der Waals surface area contributed by atoms with E-state index < -0.39 is 11.9 Å². The van der Waals surface area contributed by atoms with Crippen LogP contribution in [0.5, 0.6) is 0 Å². The Hall–Kier alpha value is -2.31. The van der Waals surface area contributed by atoms with Gasteiger partial charge in [0.15, 0.2) is 0 Å². The van der Waals surface area contributed by atoms with Crippen molar-refractivity contribution in [2.45, 2.75) is 19.5 Å². The summed E-state index contributed by atoms with van der Waals surface area (Å²) in [7, 11) is 0. The molecule has 7 heteroatoms. The van der Waals surface area contributed by atoms with Crippen molar-refractivity contribution in [3.8, 4) is 0 Å². The molecule has 0 unspecified atom stereocenters. The van der Waals surface area contributed by atoms with Crippen molar-refractivity contribution < 1.29 is 14.0 Å². The third-order valence-electron chi connectivity index (χ3n) is 3.20. The zero-order valence-corrected chi connectivity index (χ0v) is 13.4. The molecule has 1 atom stereocenters. The summed E-state index contributed by atoms with van der Waals surface area (Å²) in [6.07, 6.45) is 1.52. The molecule has 3 amide bonds. The van der Waals surface area contributed by atoms with Crippen LogP contribution < -0.4 is 16.0 Å². The Morgan fingerprint density at radius 2 is 1.96 bits per heavy atom. The molecule has 3 N–H and O–H groups in total. The Labute approximate surface area is 139 Å². The van der Waals surface area contributed by atoms with Crippen molar-refractivity contribution >= 4 is 23.5 Å². The van der Waals surface area contributed by atoms with Gasteiger partial charge in [-0.15, -0.1) is 0 Å². The Morgan fingerprint density at radius 1 is 1.22 bits per heavy atom. The van der Waals surface area contributed by atoms with Gasteiger partial charge in [-0.3, -0.25) is 10.1 Å². The molecule has 0 spiro atoms. The summed E-state index contributed by atoms with van der Waals surface area (Å²) in [5.74, 6) is 0.199. The Kier molecular flexibility index (Phi) is 6.19. The molecule has 0 radical (unpaired) electrons. The lowest BCUT2D eigenvalue weighted by atomic mass is 10.1. The summed E-state index contributed by atoms with van der Waals surface area (Å²) in [5, 5.41) is 8.48. The molecule has 0 aliphatic rings. The predicted octanol–water partition coefficient (Wildman–Crippen LogP) is 2.61. The van der Waals surface area contributed by atoms with Crippen LogP contribution in [-0.4, -0.2) is 18.5 Å². The summed E-state index contributed by atoms with van der Waals surface area (Å²) < 4.78 is 5.08. The van der Waals surface area contributed by atoms with E-state index in [9.17, 15) is 9.59 Å². The number of imide groups is 1. The number of carbonyl (C=O) groups is 2. The van der Waals surface area contributed by atoms with Gasteiger partial charge in [0.2, 0.25) is 5.91 Å². The van der Waals surface area contributed by atoms with Crippen LogP contribution in [0.3, 0.4) is 0 Å². The molecule has 122 valence electrons. The average Bonchev–Trinajstić information content (AvgIpc) is 3.05. The fourth-order valence-electron chi connectivity index (χ4n) is 1.91. The molecule has 2 aromatic rings. The van der Waals surface area contributed by atoms with Crippen molar-refractivity contribution in [3.63, 3.8) is 0 Å². The van der Waals surface area contributed by atoms with Crippen LogP contribution >= 0.6 is 11.6 Å². The third-order valence-corrected chi connectivity index (χ3v) is 3.45. The number of carbonyl (C=O) groups excluding carboxylic acids is 2. The highest BCUT2D eigenvalue weighted by Gasteiger charge is 2.10. The van der Waals surface area contributed by atoms with E-state index in [0.717, 1.165) is 5.56 Å². The molecule has 1 aromatic carbocycles. The minimum atomic E-state index is -0.563. The van der Waals surface area contributed by atoms with Crippen LogP contribution in [0.2, 0.25) is 5.02 Å². The number of nitrogens with one attached hydrogen (secondary N) is 3. The van der Waals surface area contributed by atoms with Gasteiger partial charge in [-0.1, -0.05) is 23.7 Å². The number of hydrogen-bond donors (Lipinski definition) is 3. The van der Waals surface area contributed by atoms with Crippen molar-refractivity contribution in [1.82, 2.24) is 16.0 Å². The summed E-state index contributed by atoms with van der Waals surface area (Å²) in [6, 6.07) is 10.2. The van der Waals surface area contributed by atoms with E-state index in [1.54, 1.807) is 24.3 Å². The number of benzene rings is 1. The molecule has 0 aliphatic carbocycles. The third kappa shape index (κ3) is 5.77. The van der Waals surface area contributed by atoms with E-state index in [1.165, 1.54) is 6.26 Å². The number of halogens is 1. The molecule has 1 aromatic heterocycles. The molecule has 6 nitrogen and oxygen atoms in total. The van der Waals surface area contributed by atoms with E-state index in [0.29, 0.717) is 10.8 Å². The SMILES string of the molecule is C[C@@H](NCC(=O)NC(=O)NCc1ccco1)c1ccc(Cl)cc1. The second kappa shape index (κ2) is 8.36. The molecular formula is C16H18ClN3O3. The minimum absolute atomic E-state index is 0.0258. The van der Waals surface area contributed by atoms with E-state index in [4.69, 9.17) is 16.0 Å². The Bertz CT molecular complexity index is 641. The molecule has 2 rings (SSSR count). The lowest BCUT2D eigenvalue weighted by Gasteiger charge is -2.14. The van der Waals surface area contributed by atoms with Gasteiger partial charge in [0.1, 0.15) is 5.76 Å². The van der Waals surface area contributed by atoms with Gasteiger partial charge in [0.05, 0.1) is 19.4 Å². The average molecular weight is 336 g/mol. The van der Waals surface area contributed by atoms with Crippen molar-refractivity contribution in [3.05, 3.63) is 59.0 Å². The number of rotatable bonds is 6. The lowest BCUT2D eigenvalue weighted by molar-refractivity contribution is -0.119. The molecule has 1 heterocycles. The Balaban J connectivity index is 1.69. The number of furan rings is 1. The van der Waals surface area contributed by atoms with Crippen LogP contribution in [-0.2, 0) is 11.3 Å². The quantitative estimate of drug-likeness (QED) is 0.757. The monoisotopic (exact) mass is 335 g/mol. The summed E-state index contributed by atoms with van der Waals surface area (Å²) in [6.45, 7) is 2.17. The van der Waals surface area contributed by atoms with E-state index in [2.05, 4.69) is 16.0 Å². The fourth-order valence-corrected chi connectivity index (χ4v) is 2.04. The standard InChI is InChI=1S/C16H18ClN3O3/c1-11(12-4-6-13(17)7-5-12)18-10-15(21)20-16(22)19-9-14-3-2-8-23-14/h2-8,11,18H,9-10H2,1H3,(H2,19,20,21,22)/t11-/m1/s1. The second-order valence-corrected chi connectivity index (χ2v) is 5.40. The van der Waals surface area contributed by atoms with Crippen LogP contribution in [0, 0.1) is 0 Å². The van der Waals surface area contributed by atoms with Gasteiger partial charge in [-0.2, -0.15) is 0 Å². The normalized spacial score (nSPS) is 11.7. The van der Waals surface area contributed by atoms with Gasteiger partial charge in [-0.25, -0.2) is 4.79 Å². The summed E-state index contributed by atoms with van der Waals surface area (Å²) >= 11 is 5.83. The fraction of sp³-hybridized carbons (Fsp3) is 0.250. The summed E-state index contributed by atoms with van der Waals surface area (Å²) in [4.78, 5) is 23.3. The van der Waals surface area contributed by atoms with E-state index >= 15 is 0 Å². The minimum Gasteiger partial charge on any atom is -0.467 e. The second-order valence-electron chi connectivity index (χ2n) is 4.96. The van der Waals surface area contributed by atoms with Gasteiger partial charge in [0, 0.05) is 11.1 Å². The van der Waals surface area contributed by atoms with Gasteiger partial charge < -0.3 is 15.1 Å². The number of urea groups is 1. The zero-order chi connectivity index (χ0) is 16.7. The highest BCUT2D eigenvalue weighted by Crippen LogP contribution is 2.15. The number of hydrogen-bond acceptors (Lipinski definition) is 4. The molecule has 0 fully saturated rings. The molecule has 0 bridgehead atoms. The molecule has 0 aliphatic heterocycles. The molecule has 23 heavy (non-hydrogen) atoms. The predicted molar refractivity (Wildman–Crippen MR) is 87.0 cm³/mol. The lowest BCUT2D eigenvalue weighted by Crippen LogP contribution is -2.43. The van der Waals surface area contributed by atoms with Crippen LogP contribution in [0.4, 0.5) is 4.79 Å². The zero-order valence-electron chi connectivity index (χ0n) is 12.6. The topological polar surface area (TPSA) is 83.4 Å². The van der Waals surface area contributed by atoms with Crippen LogP contribution in [0.25, 0.3) is 0 Å². The van der Waals surface area contributed by atoms with Gasteiger partial charge >= 0.3 is 6.03 Å². The smallest absolute Gasteiger partial charge is 0.321 e. The van der Waals surface area contributed by atoms with Gasteiger partial charge in [0.25, 0.3) is 0 Å². The first kappa shape index (κ1) is 17.1. The Morgan fingerprint density at radius 3 is 2.61 bits per heavy atom. The van der Waals surface area contributed by atoms with Crippen molar-refractivity contribution in [2.24, 2.45) is 0 Å². The van der Waals surface area contributed by atoms with Crippen LogP contribution in [0.1, 0.15) is 24.3 Å². The van der Waals surface area contributed by atoms with E-state index in [-0.39, 0.29) is 19.1 Å². The first-order valence-corrected chi connectivity index (χ1v) is 7.51. The van der Waals surface area contributed by atoms with Crippen LogP contribution in [0.15, 0.2) is 47.1 Å². The maximum atomic E-state index is 11.7. The van der Waals surface area contributed by atoms with Crippen molar-refractivity contribution in [2.75, 3.05) is 6.54 Å². The molecule has 0 saturated heterocycles. The highest BCUT2D eigenvalue weighted by atomic mass is 35.5. The van der Waals surface area contributed by atoms with Gasteiger partial charge in [-0.05, 0) is 36.8 Å². The first-order valence-electron chi connectivity index (χ1n) is 7.13. The highest BCUT2D eigenvalue weighted by molar-refractivity contribution is 6.30. The first-order chi connectivity index (χ1) is 11.0. The maximum absolute atomic E-state index is 11.7. The largest absolute Gasteiger partial charge is 0.467 e. The number of amides is 3. The van der Waals surface area contributed by atoms with Crippen molar-refractivity contribution in [1.29, 1.82) is 0 Å². The molecular weight excluding hydrogens is 318 g/mol. The van der Waals surface area contributed by atoms with E-state index in [1.807, 2.05) is 19.1 Å².